The Morgan fingerprint density at radius 2 is 1.94 bits per heavy atom. The number of halogens is 1. The number of hydrogen-bond acceptors (Lipinski definition) is 5. The van der Waals surface area contributed by atoms with E-state index >= 15 is 0 Å². The second-order valence-electron chi connectivity index (χ2n) is 7.32. The molecular weight excluding hydrogens is 458 g/mol. The number of pyridine rings is 1. The van der Waals surface area contributed by atoms with Crippen molar-refractivity contribution in [2.45, 2.75) is 37.6 Å². The minimum Gasteiger partial charge on any atom is -0.282 e. The van der Waals surface area contributed by atoms with Crippen LogP contribution in [0.4, 0.5) is 5.13 Å². The Bertz CT molecular complexity index is 1180. The molecule has 0 aliphatic rings. The van der Waals surface area contributed by atoms with Crippen LogP contribution in [0.3, 0.4) is 0 Å². The molecule has 32 heavy (non-hydrogen) atoms. The van der Waals surface area contributed by atoms with Crippen LogP contribution in [0.15, 0.2) is 71.8 Å². The number of hydrogen-bond donors (Lipinski definition) is 0. The summed E-state index contributed by atoms with van der Waals surface area (Å²) in [5, 5.41) is 1.47. The van der Waals surface area contributed by atoms with Crippen molar-refractivity contribution in [2.75, 3.05) is 10.7 Å². The number of rotatable bonds is 9. The first-order valence-corrected chi connectivity index (χ1v) is 12.8. The molecule has 0 aliphatic carbocycles. The summed E-state index contributed by atoms with van der Waals surface area (Å²) in [4.78, 5) is 25.5. The second kappa shape index (κ2) is 10.9. The lowest BCUT2D eigenvalue weighted by Crippen LogP contribution is -2.30. The maximum absolute atomic E-state index is 13.3. The van der Waals surface area contributed by atoms with Crippen LogP contribution in [-0.4, -0.2) is 21.6 Å². The number of amides is 1. The molecule has 0 N–H and O–H groups in total. The molecule has 0 saturated carbocycles. The predicted molar refractivity (Wildman–Crippen MR) is 136 cm³/mol. The molecule has 2 heterocycles. The molecule has 7 heteroatoms. The summed E-state index contributed by atoms with van der Waals surface area (Å²) in [6.45, 7) is 2.55. The van der Waals surface area contributed by atoms with E-state index < -0.39 is 0 Å². The molecule has 1 amide bonds. The fraction of sp³-hybridized carbons (Fsp3) is 0.240. The minimum absolute atomic E-state index is 0.0736. The predicted octanol–water partition coefficient (Wildman–Crippen LogP) is 7.01. The Morgan fingerprint density at radius 1 is 1.09 bits per heavy atom. The monoisotopic (exact) mass is 481 g/mol. The summed E-state index contributed by atoms with van der Waals surface area (Å²) in [5.74, 6) is 0.939. The van der Waals surface area contributed by atoms with Crippen molar-refractivity contribution in [2.24, 2.45) is 0 Å². The summed E-state index contributed by atoms with van der Waals surface area (Å²) in [7, 11) is 0. The number of benzene rings is 2. The highest BCUT2D eigenvalue weighted by molar-refractivity contribution is 7.99. The molecule has 0 atom stereocenters. The molecule has 0 radical (unpaired) electrons. The first-order valence-electron chi connectivity index (χ1n) is 10.6. The van der Waals surface area contributed by atoms with Crippen LogP contribution >= 0.6 is 34.7 Å². The van der Waals surface area contributed by atoms with Crippen LogP contribution in [-0.2, 0) is 17.8 Å². The molecule has 0 aliphatic heterocycles. The average Bonchev–Trinajstić information content (AvgIpc) is 3.26. The van der Waals surface area contributed by atoms with Gasteiger partial charge >= 0.3 is 0 Å². The van der Waals surface area contributed by atoms with Gasteiger partial charge in [0.25, 0.3) is 0 Å². The zero-order chi connectivity index (χ0) is 22.3. The topological polar surface area (TPSA) is 46.1 Å². The Labute approximate surface area is 201 Å². The Morgan fingerprint density at radius 3 is 2.69 bits per heavy atom. The third kappa shape index (κ3) is 5.68. The number of fused-ring (bicyclic) bond motifs is 1. The molecule has 2 aromatic carbocycles. The molecule has 0 saturated heterocycles. The van der Waals surface area contributed by atoms with Crippen LogP contribution in [0.1, 0.15) is 31.0 Å². The van der Waals surface area contributed by atoms with Gasteiger partial charge in [-0.05, 0) is 66.6 Å². The minimum atomic E-state index is 0.0736. The lowest BCUT2D eigenvalue weighted by atomic mass is 10.1. The molecule has 164 valence electrons. The highest BCUT2D eigenvalue weighted by Gasteiger charge is 2.21. The quantitative estimate of drug-likeness (QED) is 0.190. The smallest absolute Gasteiger partial charge is 0.229 e. The highest BCUT2D eigenvalue weighted by Crippen LogP contribution is 2.32. The van der Waals surface area contributed by atoms with E-state index in [1.165, 1.54) is 5.56 Å². The number of aryl methyl sites for hydroxylation is 1. The van der Waals surface area contributed by atoms with Crippen molar-refractivity contribution >= 4 is 56.0 Å². The molecule has 4 rings (SSSR count). The fourth-order valence-electron chi connectivity index (χ4n) is 3.39. The van der Waals surface area contributed by atoms with Crippen molar-refractivity contribution in [1.82, 2.24) is 9.97 Å². The summed E-state index contributed by atoms with van der Waals surface area (Å²) in [6.07, 6.45) is 3.92. The van der Waals surface area contributed by atoms with Gasteiger partial charge in [-0.2, -0.15) is 0 Å². The SMILES string of the molecule is CCc1cccc2sc(N(Cc3ccccn3)C(=O)CCCSc3ccc(Cl)cc3)nc12. The van der Waals surface area contributed by atoms with Crippen LogP contribution in [0.5, 0.6) is 0 Å². The number of thioether (sulfide) groups is 1. The van der Waals surface area contributed by atoms with Gasteiger partial charge in [-0.15, -0.1) is 11.8 Å². The summed E-state index contributed by atoms with van der Waals surface area (Å²) >= 11 is 9.26. The van der Waals surface area contributed by atoms with E-state index in [-0.39, 0.29) is 5.91 Å². The van der Waals surface area contributed by atoms with Crippen molar-refractivity contribution in [3.63, 3.8) is 0 Å². The molecular formula is C25H24ClN3OS2. The van der Waals surface area contributed by atoms with E-state index in [2.05, 4.69) is 30.1 Å². The van der Waals surface area contributed by atoms with Crippen molar-refractivity contribution in [1.29, 1.82) is 0 Å². The maximum atomic E-state index is 13.3. The number of para-hydroxylation sites is 1. The normalized spacial score (nSPS) is 11.1. The molecule has 0 unspecified atom stereocenters. The lowest BCUT2D eigenvalue weighted by Gasteiger charge is -2.19. The Kier molecular flexibility index (Phi) is 7.79. The van der Waals surface area contributed by atoms with Crippen LogP contribution in [0.25, 0.3) is 10.2 Å². The largest absolute Gasteiger partial charge is 0.282 e. The van der Waals surface area contributed by atoms with Gasteiger partial charge in [0.05, 0.1) is 22.5 Å². The summed E-state index contributed by atoms with van der Waals surface area (Å²) in [6, 6.07) is 19.8. The van der Waals surface area contributed by atoms with Gasteiger partial charge in [-0.1, -0.05) is 48.1 Å². The maximum Gasteiger partial charge on any atom is 0.229 e. The Balaban J connectivity index is 1.48. The van der Waals surface area contributed by atoms with E-state index in [4.69, 9.17) is 16.6 Å². The van der Waals surface area contributed by atoms with Crippen molar-refractivity contribution in [3.05, 3.63) is 83.1 Å². The third-order valence-corrected chi connectivity index (χ3v) is 7.46. The van der Waals surface area contributed by atoms with Crippen molar-refractivity contribution < 1.29 is 4.79 Å². The molecule has 4 nitrogen and oxygen atoms in total. The fourth-order valence-corrected chi connectivity index (χ4v) is 5.40. The van der Waals surface area contributed by atoms with Gasteiger partial charge in [0.2, 0.25) is 5.91 Å². The first-order chi connectivity index (χ1) is 15.6. The molecule has 2 aromatic heterocycles. The molecule has 4 aromatic rings. The summed E-state index contributed by atoms with van der Waals surface area (Å²) < 4.78 is 1.11. The standard InChI is InChI=1S/C25H24ClN3OS2/c1-2-18-7-5-9-22-24(18)28-25(32-22)29(17-20-8-3-4-15-27-20)23(30)10-6-16-31-21-13-11-19(26)12-14-21/h3-5,7-9,11-15H,2,6,10,16-17H2,1H3. The first kappa shape index (κ1) is 22.8. The van der Waals surface area contributed by atoms with E-state index in [1.54, 1.807) is 34.2 Å². The third-order valence-electron chi connectivity index (χ3n) is 5.07. The van der Waals surface area contributed by atoms with Crippen LogP contribution < -0.4 is 4.90 Å². The highest BCUT2D eigenvalue weighted by atomic mass is 35.5. The molecule has 0 spiro atoms. The Hall–Kier alpha value is -2.41. The van der Waals surface area contributed by atoms with Gasteiger partial charge in [-0.3, -0.25) is 14.7 Å². The average molecular weight is 482 g/mol. The van der Waals surface area contributed by atoms with Gasteiger partial charge in [0.1, 0.15) is 0 Å². The lowest BCUT2D eigenvalue weighted by molar-refractivity contribution is -0.118. The van der Waals surface area contributed by atoms with Gasteiger partial charge in [-0.25, -0.2) is 4.98 Å². The van der Waals surface area contributed by atoms with E-state index in [0.29, 0.717) is 13.0 Å². The number of nitrogens with zero attached hydrogens (tertiary/aromatic N) is 3. The van der Waals surface area contributed by atoms with Gasteiger partial charge in [0, 0.05) is 22.5 Å². The molecule has 0 bridgehead atoms. The second-order valence-corrected chi connectivity index (χ2v) is 9.93. The van der Waals surface area contributed by atoms with Gasteiger partial charge < -0.3 is 0 Å². The number of carbonyl (C=O) groups excluding carboxylic acids is 1. The van der Waals surface area contributed by atoms with Crippen molar-refractivity contribution in [3.8, 4) is 0 Å². The van der Waals surface area contributed by atoms with Gasteiger partial charge in [0.15, 0.2) is 5.13 Å². The zero-order valence-corrected chi connectivity index (χ0v) is 20.2. The van der Waals surface area contributed by atoms with Crippen LogP contribution in [0, 0.1) is 0 Å². The summed E-state index contributed by atoms with van der Waals surface area (Å²) in [5.41, 5.74) is 3.05. The van der Waals surface area contributed by atoms with E-state index in [9.17, 15) is 4.79 Å². The van der Waals surface area contributed by atoms with E-state index in [0.717, 1.165) is 49.6 Å². The number of aromatic nitrogens is 2. The number of thiazole rings is 1. The zero-order valence-electron chi connectivity index (χ0n) is 17.8. The number of carbonyl (C=O) groups is 1. The van der Waals surface area contributed by atoms with E-state index in [1.807, 2.05) is 42.5 Å². The molecule has 0 fully saturated rings. The number of anilines is 1. The van der Waals surface area contributed by atoms with Crippen LogP contribution in [0.2, 0.25) is 5.02 Å².